The summed E-state index contributed by atoms with van der Waals surface area (Å²) in [4.78, 5) is 25.9. The summed E-state index contributed by atoms with van der Waals surface area (Å²) in [6.07, 6.45) is 1.76. The van der Waals surface area contributed by atoms with Gasteiger partial charge in [-0.25, -0.2) is 8.42 Å². The van der Waals surface area contributed by atoms with E-state index < -0.39 is 22.5 Å². The smallest absolute Gasteiger partial charge is 0.264 e. The highest BCUT2D eigenvalue weighted by Crippen LogP contribution is 2.35. The number of nitrogens with zero attached hydrogens (tertiary/aromatic N) is 1. The molecule has 0 bridgehead atoms. The number of sulfonamides is 1. The van der Waals surface area contributed by atoms with Gasteiger partial charge in [-0.3, -0.25) is 13.9 Å². The Morgan fingerprint density at radius 1 is 0.919 bits per heavy atom. The third kappa shape index (κ3) is 6.79. The third-order valence-corrected chi connectivity index (χ3v) is 7.31. The van der Waals surface area contributed by atoms with Gasteiger partial charge in [-0.1, -0.05) is 43.7 Å². The number of carbonyl (C=O) groups is 2. The molecular weight excluding hydrogens is 494 g/mol. The van der Waals surface area contributed by atoms with E-state index in [1.54, 1.807) is 48.5 Å². The van der Waals surface area contributed by atoms with Gasteiger partial charge in [0.05, 0.1) is 36.1 Å². The minimum Gasteiger partial charge on any atom is -0.497 e. The molecule has 0 aliphatic rings. The van der Waals surface area contributed by atoms with Crippen molar-refractivity contribution in [2.75, 3.05) is 36.9 Å². The minimum atomic E-state index is -4.16. The zero-order valence-electron chi connectivity index (χ0n) is 21.1. The largest absolute Gasteiger partial charge is 0.497 e. The number of methoxy groups -OCH3 is 2. The lowest BCUT2D eigenvalue weighted by Gasteiger charge is -2.26. The number of unbranched alkanes of at least 4 members (excludes halogenated alkanes) is 1. The van der Waals surface area contributed by atoms with E-state index in [9.17, 15) is 18.0 Å². The summed E-state index contributed by atoms with van der Waals surface area (Å²) >= 11 is 0. The van der Waals surface area contributed by atoms with Crippen molar-refractivity contribution >= 4 is 33.2 Å². The Bertz CT molecular complexity index is 1330. The average Bonchev–Trinajstić information content (AvgIpc) is 2.92. The molecule has 0 aromatic heterocycles. The van der Waals surface area contributed by atoms with Crippen LogP contribution < -0.4 is 24.4 Å². The summed E-state index contributed by atoms with van der Waals surface area (Å²) in [5.74, 6) is -0.284. The van der Waals surface area contributed by atoms with E-state index in [4.69, 9.17) is 9.47 Å². The fourth-order valence-electron chi connectivity index (χ4n) is 3.59. The highest BCUT2D eigenvalue weighted by Gasteiger charge is 2.30. The Morgan fingerprint density at radius 2 is 1.62 bits per heavy atom. The molecule has 0 unspecified atom stereocenters. The normalized spacial score (nSPS) is 10.9. The molecule has 0 atom stereocenters. The first-order valence-corrected chi connectivity index (χ1v) is 13.2. The van der Waals surface area contributed by atoms with Gasteiger partial charge in [-0.05, 0) is 42.8 Å². The SMILES string of the molecule is CCCCNC(=O)c1ccccc1NC(=O)CN(c1ccc(OC)cc1OC)S(=O)(=O)c1ccccc1. The molecular formula is C27H31N3O6S. The Balaban J connectivity index is 1.95. The molecule has 10 heteroatoms. The maximum absolute atomic E-state index is 13.7. The molecule has 3 aromatic carbocycles. The minimum absolute atomic E-state index is 0.0105. The van der Waals surface area contributed by atoms with Crippen LogP contribution in [0.4, 0.5) is 11.4 Å². The molecule has 3 rings (SSSR count). The quantitative estimate of drug-likeness (QED) is 0.345. The predicted molar refractivity (Wildman–Crippen MR) is 143 cm³/mol. The van der Waals surface area contributed by atoms with Crippen molar-refractivity contribution in [1.82, 2.24) is 5.32 Å². The summed E-state index contributed by atoms with van der Waals surface area (Å²) in [6, 6.07) is 19.0. The monoisotopic (exact) mass is 525 g/mol. The van der Waals surface area contributed by atoms with E-state index in [1.165, 1.54) is 38.5 Å². The molecule has 37 heavy (non-hydrogen) atoms. The number of para-hydroxylation sites is 1. The van der Waals surface area contributed by atoms with Crippen molar-refractivity contribution in [3.8, 4) is 11.5 Å². The Hall–Kier alpha value is -4.05. The number of ether oxygens (including phenoxy) is 2. The van der Waals surface area contributed by atoms with E-state index in [0.717, 1.165) is 17.1 Å². The van der Waals surface area contributed by atoms with Crippen molar-refractivity contribution in [2.24, 2.45) is 0 Å². The Morgan fingerprint density at radius 3 is 2.30 bits per heavy atom. The molecule has 9 nitrogen and oxygen atoms in total. The van der Waals surface area contributed by atoms with Crippen LogP contribution >= 0.6 is 0 Å². The topological polar surface area (TPSA) is 114 Å². The fraction of sp³-hybridized carbons (Fsp3) is 0.259. The van der Waals surface area contributed by atoms with Crippen molar-refractivity contribution in [2.45, 2.75) is 24.7 Å². The van der Waals surface area contributed by atoms with E-state index in [2.05, 4.69) is 10.6 Å². The van der Waals surface area contributed by atoms with Crippen LogP contribution in [0.15, 0.2) is 77.7 Å². The van der Waals surface area contributed by atoms with E-state index in [-0.39, 0.29) is 33.5 Å². The standard InChI is InChI=1S/C27H31N3O6S/c1-4-5-17-28-27(32)22-13-9-10-14-23(22)29-26(31)19-30(37(33,34)21-11-7-6-8-12-21)24-16-15-20(35-2)18-25(24)36-3/h6-16,18H,4-5,17,19H2,1-3H3,(H,28,32)(H,29,31). The maximum atomic E-state index is 13.7. The molecule has 0 radical (unpaired) electrons. The van der Waals surface area contributed by atoms with Crippen LogP contribution in [0, 0.1) is 0 Å². The van der Waals surface area contributed by atoms with Crippen LogP contribution in [0.3, 0.4) is 0 Å². The van der Waals surface area contributed by atoms with Crippen molar-refractivity contribution in [3.05, 3.63) is 78.4 Å². The predicted octanol–water partition coefficient (Wildman–Crippen LogP) is 4.07. The molecule has 0 heterocycles. The number of hydrogen-bond donors (Lipinski definition) is 2. The maximum Gasteiger partial charge on any atom is 0.264 e. The van der Waals surface area contributed by atoms with Gasteiger partial charge < -0.3 is 20.1 Å². The van der Waals surface area contributed by atoms with Crippen LogP contribution in [0.2, 0.25) is 0 Å². The molecule has 2 amide bonds. The first kappa shape index (κ1) is 27.5. The zero-order valence-corrected chi connectivity index (χ0v) is 21.9. The fourth-order valence-corrected chi connectivity index (χ4v) is 5.05. The molecule has 0 saturated carbocycles. The zero-order chi connectivity index (χ0) is 26.8. The summed E-state index contributed by atoms with van der Waals surface area (Å²) in [5.41, 5.74) is 0.722. The summed E-state index contributed by atoms with van der Waals surface area (Å²) in [6.45, 7) is 1.97. The van der Waals surface area contributed by atoms with Gasteiger partial charge in [-0.2, -0.15) is 0 Å². The first-order chi connectivity index (χ1) is 17.8. The van der Waals surface area contributed by atoms with Crippen molar-refractivity contribution in [1.29, 1.82) is 0 Å². The molecule has 2 N–H and O–H groups in total. The first-order valence-electron chi connectivity index (χ1n) is 11.8. The average molecular weight is 526 g/mol. The lowest BCUT2D eigenvalue weighted by atomic mass is 10.1. The van der Waals surface area contributed by atoms with Gasteiger partial charge in [-0.15, -0.1) is 0 Å². The number of carbonyl (C=O) groups excluding carboxylic acids is 2. The van der Waals surface area contributed by atoms with Gasteiger partial charge in [0, 0.05) is 12.6 Å². The molecule has 196 valence electrons. The molecule has 3 aromatic rings. The Kier molecular flexibility index (Phi) is 9.51. The summed E-state index contributed by atoms with van der Waals surface area (Å²) in [5, 5.41) is 5.52. The second-order valence-electron chi connectivity index (χ2n) is 8.07. The number of benzene rings is 3. The van der Waals surface area contributed by atoms with E-state index in [1.807, 2.05) is 6.92 Å². The number of amides is 2. The van der Waals surface area contributed by atoms with Crippen LogP contribution in [0.25, 0.3) is 0 Å². The van der Waals surface area contributed by atoms with Crippen LogP contribution in [-0.4, -0.2) is 47.5 Å². The van der Waals surface area contributed by atoms with Crippen molar-refractivity contribution in [3.63, 3.8) is 0 Å². The Labute approximate surface area is 217 Å². The molecule has 0 spiro atoms. The number of nitrogens with one attached hydrogen (secondary N) is 2. The van der Waals surface area contributed by atoms with Crippen molar-refractivity contribution < 1.29 is 27.5 Å². The van der Waals surface area contributed by atoms with Gasteiger partial charge in [0.25, 0.3) is 15.9 Å². The highest BCUT2D eigenvalue weighted by molar-refractivity contribution is 7.92. The van der Waals surface area contributed by atoms with Crippen LogP contribution in [0.5, 0.6) is 11.5 Å². The second-order valence-corrected chi connectivity index (χ2v) is 9.93. The van der Waals surface area contributed by atoms with Crippen LogP contribution in [0.1, 0.15) is 30.1 Å². The van der Waals surface area contributed by atoms with Gasteiger partial charge in [0.2, 0.25) is 5.91 Å². The number of hydrogen-bond acceptors (Lipinski definition) is 6. The van der Waals surface area contributed by atoms with Gasteiger partial charge in [0.15, 0.2) is 0 Å². The molecule has 0 aliphatic carbocycles. The lowest BCUT2D eigenvalue weighted by Crippen LogP contribution is -2.38. The van der Waals surface area contributed by atoms with Gasteiger partial charge >= 0.3 is 0 Å². The number of rotatable bonds is 12. The lowest BCUT2D eigenvalue weighted by molar-refractivity contribution is -0.114. The number of anilines is 2. The molecule has 0 aliphatic heterocycles. The highest BCUT2D eigenvalue weighted by atomic mass is 32.2. The molecule has 0 fully saturated rings. The van der Waals surface area contributed by atoms with E-state index in [0.29, 0.717) is 12.3 Å². The van der Waals surface area contributed by atoms with Gasteiger partial charge in [0.1, 0.15) is 18.0 Å². The van der Waals surface area contributed by atoms with E-state index >= 15 is 0 Å². The summed E-state index contributed by atoms with van der Waals surface area (Å²) in [7, 11) is -1.28. The van der Waals surface area contributed by atoms with Crippen LogP contribution in [-0.2, 0) is 14.8 Å². The second kappa shape index (κ2) is 12.8. The third-order valence-electron chi connectivity index (χ3n) is 5.54. The summed E-state index contributed by atoms with van der Waals surface area (Å²) < 4.78 is 38.9. The molecule has 0 saturated heterocycles.